The van der Waals surface area contributed by atoms with Crippen LogP contribution in [0.2, 0.25) is 10.0 Å². The van der Waals surface area contributed by atoms with Gasteiger partial charge in [0.05, 0.1) is 15.7 Å². The van der Waals surface area contributed by atoms with E-state index in [4.69, 9.17) is 23.2 Å². The van der Waals surface area contributed by atoms with E-state index in [1.54, 1.807) is 12.1 Å². The first-order valence-corrected chi connectivity index (χ1v) is 7.45. The van der Waals surface area contributed by atoms with Gasteiger partial charge in [0.25, 0.3) is 0 Å². The van der Waals surface area contributed by atoms with Crippen molar-refractivity contribution in [2.75, 3.05) is 0 Å². The Morgan fingerprint density at radius 3 is 2.55 bits per heavy atom. The normalized spacial score (nSPS) is 11.2. The van der Waals surface area contributed by atoms with Crippen molar-refractivity contribution in [3.05, 3.63) is 56.2 Å². The average molecular weight is 373 g/mol. The van der Waals surface area contributed by atoms with Gasteiger partial charge >= 0.3 is 0 Å². The van der Waals surface area contributed by atoms with E-state index in [2.05, 4.69) is 20.9 Å². The second-order valence-electron chi connectivity index (χ2n) is 4.53. The summed E-state index contributed by atoms with van der Waals surface area (Å²) in [5.74, 6) is -0.405. The van der Waals surface area contributed by atoms with Crippen LogP contribution in [0, 0.1) is 12.7 Å². The fourth-order valence-electron chi connectivity index (χ4n) is 2.34. The lowest BCUT2D eigenvalue weighted by Crippen LogP contribution is -1.83. The fourth-order valence-corrected chi connectivity index (χ4v) is 3.26. The number of fused-ring (bicyclic) bond motifs is 1. The number of aromatic amines is 1. The van der Waals surface area contributed by atoms with Crippen LogP contribution in [0.4, 0.5) is 4.39 Å². The summed E-state index contributed by atoms with van der Waals surface area (Å²) < 4.78 is 15.1. The van der Waals surface area contributed by atoms with Crippen LogP contribution in [-0.2, 0) is 0 Å². The molecule has 0 fully saturated rings. The smallest absolute Gasteiger partial charge is 0.151 e. The number of aryl methyl sites for hydroxylation is 1. The van der Waals surface area contributed by atoms with Crippen LogP contribution in [0.5, 0.6) is 0 Å². The predicted octanol–water partition coefficient (Wildman–Crippen LogP) is 6.35. The van der Waals surface area contributed by atoms with Crippen molar-refractivity contribution in [3.8, 4) is 11.3 Å². The molecule has 0 saturated carbocycles. The van der Waals surface area contributed by atoms with Gasteiger partial charge in [-0.05, 0) is 36.8 Å². The summed E-state index contributed by atoms with van der Waals surface area (Å²) >= 11 is 15.5. The van der Waals surface area contributed by atoms with E-state index in [0.717, 1.165) is 21.3 Å². The molecule has 0 aliphatic rings. The summed E-state index contributed by atoms with van der Waals surface area (Å²) in [5.41, 5.74) is 3.14. The minimum Gasteiger partial charge on any atom is -0.354 e. The number of aromatic nitrogens is 1. The molecule has 0 amide bonds. The fraction of sp³-hybridized carbons (Fsp3) is 0.0667. The number of hydrogen-bond acceptors (Lipinski definition) is 0. The molecule has 1 aromatic heterocycles. The molecule has 3 rings (SSSR count). The summed E-state index contributed by atoms with van der Waals surface area (Å²) in [7, 11) is 0. The molecule has 102 valence electrons. The third kappa shape index (κ3) is 2.14. The summed E-state index contributed by atoms with van der Waals surface area (Å²) in [6.07, 6.45) is 0. The first-order chi connectivity index (χ1) is 9.49. The van der Waals surface area contributed by atoms with E-state index < -0.39 is 5.82 Å². The summed E-state index contributed by atoms with van der Waals surface area (Å²) in [4.78, 5) is 3.21. The monoisotopic (exact) mass is 371 g/mol. The van der Waals surface area contributed by atoms with E-state index >= 15 is 0 Å². The summed E-state index contributed by atoms with van der Waals surface area (Å²) in [6, 6.07) is 8.91. The lowest BCUT2D eigenvalue weighted by Gasteiger charge is -2.04. The standard InChI is InChI=1S/C15H9BrCl2FN/c1-7-13-12(5-4-10(17)14(13)19)20-15(7)9-3-2-8(16)6-11(9)18/h2-6,20H,1H3. The van der Waals surface area contributed by atoms with Crippen molar-refractivity contribution in [3.63, 3.8) is 0 Å². The van der Waals surface area contributed by atoms with Crippen molar-refractivity contribution in [1.82, 2.24) is 4.98 Å². The molecule has 1 nitrogen and oxygen atoms in total. The largest absolute Gasteiger partial charge is 0.354 e. The van der Waals surface area contributed by atoms with Gasteiger partial charge in [-0.15, -0.1) is 0 Å². The molecule has 0 atom stereocenters. The van der Waals surface area contributed by atoms with Gasteiger partial charge in [-0.25, -0.2) is 4.39 Å². The van der Waals surface area contributed by atoms with E-state index in [1.807, 2.05) is 25.1 Å². The molecule has 0 aliphatic carbocycles. The first-order valence-electron chi connectivity index (χ1n) is 5.90. The molecule has 0 saturated heterocycles. The zero-order chi connectivity index (χ0) is 14.4. The summed E-state index contributed by atoms with van der Waals surface area (Å²) in [5, 5.41) is 1.22. The quantitative estimate of drug-likeness (QED) is 0.512. The van der Waals surface area contributed by atoms with Crippen LogP contribution < -0.4 is 0 Å². The molecule has 0 radical (unpaired) electrons. The summed E-state index contributed by atoms with van der Waals surface area (Å²) in [6.45, 7) is 1.85. The molecule has 5 heteroatoms. The van der Waals surface area contributed by atoms with Crippen LogP contribution in [0.15, 0.2) is 34.8 Å². The maximum atomic E-state index is 14.2. The van der Waals surface area contributed by atoms with Gasteiger partial charge in [0.15, 0.2) is 5.82 Å². The number of rotatable bonds is 1. The molecule has 0 spiro atoms. The first kappa shape index (κ1) is 13.9. The lowest BCUT2D eigenvalue weighted by atomic mass is 10.1. The Morgan fingerprint density at radius 1 is 1.10 bits per heavy atom. The topological polar surface area (TPSA) is 15.8 Å². The molecule has 1 N–H and O–H groups in total. The van der Waals surface area contributed by atoms with E-state index in [0.29, 0.717) is 15.9 Å². The number of hydrogen-bond donors (Lipinski definition) is 1. The molecule has 20 heavy (non-hydrogen) atoms. The molecular formula is C15H9BrCl2FN. The van der Waals surface area contributed by atoms with Crippen molar-refractivity contribution >= 4 is 50.0 Å². The molecule has 0 unspecified atom stereocenters. The van der Waals surface area contributed by atoms with E-state index in [-0.39, 0.29) is 5.02 Å². The maximum Gasteiger partial charge on any atom is 0.151 e. The number of benzene rings is 2. The second-order valence-corrected chi connectivity index (χ2v) is 6.26. The number of nitrogens with one attached hydrogen (secondary N) is 1. The van der Waals surface area contributed by atoms with Crippen LogP contribution in [-0.4, -0.2) is 4.98 Å². The highest BCUT2D eigenvalue weighted by Crippen LogP contribution is 2.37. The predicted molar refractivity (Wildman–Crippen MR) is 86.1 cm³/mol. The van der Waals surface area contributed by atoms with Gasteiger partial charge in [-0.1, -0.05) is 45.2 Å². The minimum absolute atomic E-state index is 0.119. The van der Waals surface area contributed by atoms with Gasteiger partial charge < -0.3 is 4.98 Å². The van der Waals surface area contributed by atoms with Gasteiger partial charge in [0.1, 0.15) is 0 Å². The second kappa shape index (κ2) is 5.06. The minimum atomic E-state index is -0.405. The van der Waals surface area contributed by atoms with Crippen LogP contribution in [0.1, 0.15) is 5.56 Å². The van der Waals surface area contributed by atoms with Gasteiger partial charge in [-0.3, -0.25) is 0 Å². The molecule has 0 bridgehead atoms. The highest BCUT2D eigenvalue weighted by molar-refractivity contribution is 9.10. The number of halogens is 4. The van der Waals surface area contributed by atoms with Crippen molar-refractivity contribution in [2.45, 2.75) is 6.92 Å². The van der Waals surface area contributed by atoms with Crippen LogP contribution in [0.25, 0.3) is 22.2 Å². The van der Waals surface area contributed by atoms with E-state index in [9.17, 15) is 4.39 Å². The highest BCUT2D eigenvalue weighted by atomic mass is 79.9. The Kier molecular flexibility index (Phi) is 3.53. The Balaban J connectivity index is 2.32. The van der Waals surface area contributed by atoms with Gasteiger partial charge in [0.2, 0.25) is 0 Å². The van der Waals surface area contributed by atoms with Crippen molar-refractivity contribution < 1.29 is 4.39 Å². The number of H-pyrrole nitrogens is 1. The average Bonchev–Trinajstić information content (AvgIpc) is 2.72. The Labute approximate surface area is 133 Å². The van der Waals surface area contributed by atoms with Crippen molar-refractivity contribution in [2.24, 2.45) is 0 Å². The van der Waals surface area contributed by atoms with Crippen LogP contribution in [0.3, 0.4) is 0 Å². The highest BCUT2D eigenvalue weighted by Gasteiger charge is 2.16. The maximum absolute atomic E-state index is 14.2. The van der Waals surface area contributed by atoms with Gasteiger partial charge in [0, 0.05) is 20.9 Å². The zero-order valence-electron chi connectivity index (χ0n) is 10.4. The third-order valence-electron chi connectivity index (χ3n) is 3.30. The zero-order valence-corrected chi connectivity index (χ0v) is 13.5. The Bertz CT molecular complexity index is 826. The van der Waals surface area contributed by atoms with Crippen molar-refractivity contribution in [1.29, 1.82) is 0 Å². The lowest BCUT2D eigenvalue weighted by molar-refractivity contribution is 0.640. The molecular weight excluding hydrogens is 364 g/mol. The Hall–Kier alpha value is -1.03. The third-order valence-corrected chi connectivity index (χ3v) is 4.40. The Morgan fingerprint density at radius 2 is 1.85 bits per heavy atom. The molecule has 0 aliphatic heterocycles. The molecule has 1 heterocycles. The SMILES string of the molecule is Cc1c(-c2ccc(Br)cc2Cl)[nH]c2ccc(Cl)c(F)c12. The molecule has 3 aromatic rings. The van der Waals surface area contributed by atoms with E-state index in [1.165, 1.54) is 0 Å². The van der Waals surface area contributed by atoms with Gasteiger partial charge in [-0.2, -0.15) is 0 Å². The molecule has 2 aromatic carbocycles. The van der Waals surface area contributed by atoms with Crippen LogP contribution >= 0.6 is 39.1 Å².